The molecule has 9 nitrogen and oxygen atoms in total. The van der Waals surface area contributed by atoms with Crippen molar-refractivity contribution >= 4 is 32.7 Å². The summed E-state index contributed by atoms with van der Waals surface area (Å²) < 4.78 is 36.2. The van der Waals surface area contributed by atoms with Crippen LogP contribution in [0.25, 0.3) is 22.2 Å². The van der Waals surface area contributed by atoms with Crippen LogP contribution in [0.3, 0.4) is 0 Å². The van der Waals surface area contributed by atoms with Crippen molar-refractivity contribution in [2.24, 2.45) is 5.41 Å². The Kier molecular flexibility index (Phi) is 7.71. The normalized spacial score (nSPS) is 27.5. The number of hydrogen-bond acceptors (Lipinski definition) is 6. The second-order valence-electron chi connectivity index (χ2n) is 15.3. The standard InChI is InChI=1S/C38H48N4O5S/c1-5-23(2)48(45,46)39-36(43)25-11-15-30-33(17-25)41-22-38(37(44)42-26-12-13-27(42)21-40(3)20-26)19-32(38)31-18-28(47-4)14-16-29(31)35(41)34(30)24-9-7-6-8-10-24/h11,14-18,23-24,26-27,32H,5-10,12-13,19-22H2,1-4H3,(H,39,43). The maximum absolute atomic E-state index is 15.0. The molecular weight excluding hydrogens is 625 g/mol. The molecule has 3 aromatic rings. The Balaban J connectivity index is 1.31. The van der Waals surface area contributed by atoms with Crippen molar-refractivity contribution in [3.8, 4) is 17.0 Å². The number of aromatic nitrogens is 1. The Morgan fingerprint density at radius 1 is 1.02 bits per heavy atom. The fraction of sp³-hybridized carbons (Fsp3) is 0.579. The van der Waals surface area contributed by atoms with Gasteiger partial charge in [-0.25, -0.2) is 13.1 Å². The van der Waals surface area contributed by atoms with Crippen LogP contribution in [0.1, 0.15) is 105 Å². The van der Waals surface area contributed by atoms with Crippen molar-refractivity contribution in [2.45, 2.75) is 107 Å². The van der Waals surface area contributed by atoms with E-state index in [2.05, 4.69) is 38.3 Å². The summed E-state index contributed by atoms with van der Waals surface area (Å²) in [6.07, 6.45) is 9.09. The minimum absolute atomic E-state index is 0.0791. The molecule has 2 amide bonds. The maximum atomic E-state index is 15.0. The van der Waals surface area contributed by atoms with Crippen molar-refractivity contribution in [2.75, 3.05) is 27.2 Å². The highest BCUT2D eigenvalue weighted by Gasteiger charge is 2.65. The van der Waals surface area contributed by atoms with Crippen molar-refractivity contribution in [1.29, 1.82) is 0 Å². The second kappa shape index (κ2) is 11.6. The Morgan fingerprint density at radius 2 is 1.75 bits per heavy atom. The van der Waals surface area contributed by atoms with Crippen molar-refractivity contribution in [3.63, 3.8) is 0 Å². The first-order valence-electron chi connectivity index (χ1n) is 18.0. The lowest BCUT2D eigenvalue weighted by Crippen LogP contribution is -2.57. The molecule has 10 heteroatoms. The van der Waals surface area contributed by atoms with Gasteiger partial charge >= 0.3 is 0 Å². The maximum Gasteiger partial charge on any atom is 0.264 e. The summed E-state index contributed by atoms with van der Waals surface area (Å²) in [7, 11) is 0.0490. The third-order valence-corrected chi connectivity index (χ3v) is 14.3. The van der Waals surface area contributed by atoms with Gasteiger partial charge in [-0.3, -0.25) is 9.59 Å². The molecule has 0 spiro atoms. The van der Waals surface area contributed by atoms with Gasteiger partial charge in [0, 0.05) is 59.7 Å². The van der Waals surface area contributed by atoms with Gasteiger partial charge in [0.2, 0.25) is 15.9 Å². The molecule has 5 unspecified atom stereocenters. The fourth-order valence-corrected chi connectivity index (χ4v) is 10.6. The number of methoxy groups -OCH3 is 1. The SMILES string of the molecule is CCC(C)S(=O)(=O)NC(=O)c1ccc2c(C3CCCCC3)c3n(c2c1)CC1(C(=O)N2C4CCC2CN(C)C4)CC1c1cc(OC)ccc1-3. The predicted octanol–water partition coefficient (Wildman–Crippen LogP) is 6.02. The van der Waals surface area contributed by atoms with Gasteiger partial charge in [-0.05, 0) is 99.9 Å². The van der Waals surface area contributed by atoms with E-state index in [0.29, 0.717) is 24.4 Å². The van der Waals surface area contributed by atoms with Crippen LogP contribution in [-0.2, 0) is 21.4 Å². The molecule has 5 atom stereocenters. The lowest BCUT2D eigenvalue weighted by Gasteiger charge is -2.41. The van der Waals surface area contributed by atoms with E-state index in [9.17, 15) is 13.2 Å². The molecule has 2 saturated carbocycles. The molecule has 4 heterocycles. The molecule has 1 aromatic heterocycles. The zero-order valence-electron chi connectivity index (χ0n) is 28.6. The molecule has 2 bridgehead atoms. The highest BCUT2D eigenvalue weighted by Crippen LogP contribution is 2.66. The van der Waals surface area contributed by atoms with Crippen LogP contribution < -0.4 is 9.46 Å². The number of carbonyl (C=O) groups is 2. The Morgan fingerprint density at radius 3 is 2.44 bits per heavy atom. The van der Waals surface area contributed by atoms with Crippen LogP contribution in [-0.4, -0.2) is 79.2 Å². The molecule has 2 saturated heterocycles. The number of benzene rings is 2. The Bertz CT molecular complexity index is 1900. The van der Waals surface area contributed by atoms with Gasteiger partial charge in [-0.1, -0.05) is 32.3 Å². The number of sulfonamides is 1. The number of rotatable bonds is 7. The van der Waals surface area contributed by atoms with Crippen molar-refractivity contribution in [1.82, 2.24) is 19.1 Å². The number of ether oxygens (including phenoxy) is 1. The molecule has 2 aliphatic carbocycles. The molecule has 3 aliphatic heterocycles. The second-order valence-corrected chi connectivity index (χ2v) is 17.4. The summed E-state index contributed by atoms with van der Waals surface area (Å²) in [6, 6.07) is 12.5. The van der Waals surface area contributed by atoms with Crippen molar-refractivity contribution in [3.05, 3.63) is 53.1 Å². The molecule has 48 heavy (non-hydrogen) atoms. The first-order chi connectivity index (χ1) is 23.1. The molecule has 256 valence electrons. The number of amides is 2. The van der Waals surface area contributed by atoms with E-state index < -0.39 is 26.6 Å². The highest BCUT2D eigenvalue weighted by atomic mass is 32.2. The Hall–Kier alpha value is -3.37. The number of likely N-dealkylation sites (tertiary alicyclic amines) is 1. The van der Waals surface area contributed by atoms with E-state index in [1.54, 1.807) is 27.0 Å². The molecule has 2 aromatic carbocycles. The average molecular weight is 673 g/mol. The number of hydrogen-bond donors (Lipinski definition) is 1. The molecule has 1 N–H and O–H groups in total. The van der Waals surface area contributed by atoms with Crippen LogP contribution in [0.5, 0.6) is 5.75 Å². The smallest absolute Gasteiger partial charge is 0.264 e. The van der Waals surface area contributed by atoms with E-state index >= 15 is 4.79 Å². The monoisotopic (exact) mass is 672 g/mol. The molecule has 4 fully saturated rings. The van der Waals surface area contributed by atoms with Gasteiger partial charge < -0.3 is 19.1 Å². The molecule has 0 radical (unpaired) electrons. The number of nitrogens with zero attached hydrogens (tertiary/aromatic N) is 3. The van der Waals surface area contributed by atoms with E-state index in [-0.39, 0.29) is 23.9 Å². The van der Waals surface area contributed by atoms with Gasteiger partial charge in [0.25, 0.3) is 5.91 Å². The van der Waals surface area contributed by atoms with Crippen LogP contribution >= 0.6 is 0 Å². The average Bonchev–Trinajstić information content (AvgIpc) is 3.67. The predicted molar refractivity (Wildman–Crippen MR) is 187 cm³/mol. The first-order valence-corrected chi connectivity index (χ1v) is 19.5. The fourth-order valence-electron chi connectivity index (χ4n) is 9.63. The molecule has 5 aliphatic rings. The van der Waals surface area contributed by atoms with E-state index in [1.165, 1.54) is 30.4 Å². The third-order valence-electron chi connectivity index (χ3n) is 12.4. The van der Waals surface area contributed by atoms with Gasteiger partial charge in [-0.2, -0.15) is 0 Å². The van der Waals surface area contributed by atoms with Crippen LogP contribution in [0.2, 0.25) is 0 Å². The number of likely N-dealkylation sites (N-methyl/N-ethyl adjacent to an activating group) is 1. The zero-order valence-corrected chi connectivity index (χ0v) is 29.4. The number of nitrogens with one attached hydrogen (secondary N) is 1. The number of fused-ring (bicyclic) bond motifs is 9. The third kappa shape index (κ3) is 4.91. The highest BCUT2D eigenvalue weighted by molar-refractivity contribution is 7.90. The summed E-state index contributed by atoms with van der Waals surface area (Å²) in [6.45, 7) is 5.77. The first kappa shape index (κ1) is 31.9. The van der Waals surface area contributed by atoms with E-state index in [1.807, 2.05) is 18.2 Å². The zero-order chi connectivity index (χ0) is 33.5. The van der Waals surface area contributed by atoms with Crippen LogP contribution in [0.4, 0.5) is 0 Å². The number of piperazine rings is 1. The summed E-state index contributed by atoms with van der Waals surface area (Å²) >= 11 is 0. The minimum atomic E-state index is -3.81. The lowest BCUT2D eigenvalue weighted by molar-refractivity contribution is -0.143. The quantitative estimate of drug-likeness (QED) is 0.330. The minimum Gasteiger partial charge on any atom is -0.497 e. The topological polar surface area (TPSA) is 101 Å². The molecule has 8 rings (SSSR count). The van der Waals surface area contributed by atoms with Crippen LogP contribution in [0.15, 0.2) is 36.4 Å². The summed E-state index contributed by atoms with van der Waals surface area (Å²) in [5.74, 6) is 0.897. The van der Waals surface area contributed by atoms with E-state index in [0.717, 1.165) is 73.1 Å². The largest absolute Gasteiger partial charge is 0.497 e. The van der Waals surface area contributed by atoms with Gasteiger partial charge in [0.05, 0.1) is 23.5 Å². The van der Waals surface area contributed by atoms with Gasteiger partial charge in [0.15, 0.2) is 0 Å². The number of carbonyl (C=O) groups excluding carboxylic acids is 2. The summed E-state index contributed by atoms with van der Waals surface area (Å²) in [4.78, 5) is 33.1. The van der Waals surface area contributed by atoms with Crippen molar-refractivity contribution < 1.29 is 22.7 Å². The Labute approximate surface area is 284 Å². The lowest BCUT2D eigenvalue weighted by atomic mass is 9.81. The molecular formula is C38H48N4O5S. The van der Waals surface area contributed by atoms with E-state index in [4.69, 9.17) is 4.74 Å². The summed E-state index contributed by atoms with van der Waals surface area (Å²) in [5.41, 5.74) is 5.42. The van der Waals surface area contributed by atoms with Gasteiger partial charge in [-0.15, -0.1) is 0 Å². The summed E-state index contributed by atoms with van der Waals surface area (Å²) in [5, 5.41) is 0.421. The van der Waals surface area contributed by atoms with Gasteiger partial charge in [0.1, 0.15) is 5.75 Å². The van der Waals surface area contributed by atoms with Crippen LogP contribution in [0, 0.1) is 5.41 Å².